The van der Waals surface area contributed by atoms with Gasteiger partial charge in [-0.05, 0) is 12.5 Å². The van der Waals surface area contributed by atoms with Gasteiger partial charge in [-0.15, -0.1) is 0 Å². The molecule has 1 aromatic carbocycles. The molecule has 118 valence electrons. The summed E-state index contributed by atoms with van der Waals surface area (Å²) in [7, 11) is 0. The molecule has 0 fully saturated rings. The summed E-state index contributed by atoms with van der Waals surface area (Å²) in [5.74, 6) is -2.45. The topological polar surface area (TPSA) is 57.8 Å². The number of halogens is 3. The van der Waals surface area contributed by atoms with E-state index in [2.05, 4.69) is 15.5 Å². The Morgan fingerprint density at radius 2 is 2.00 bits per heavy atom. The Balaban J connectivity index is 2.01. The molecular formula is C15H16F3N3O. The molecule has 0 aliphatic heterocycles. The molecule has 0 saturated heterocycles. The van der Waals surface area contributed by atoms with Crippen molar-refractivity contribution in [3.63, 3.8) is 0 Å². The number of amides is 1. The number of H-pyrrole nitrogens is 1. The molecule has 2 rings (SSSR count). The van der Waals surface area contributed by atoms with E-state index in [9.17, 15) is 18.0 Å². The van der Waals surface area contributed by atoms with Crippen LogP contribution in [0.25, 0.3) is 0 Å². The summed E-state index contributed by atoms with van der Waals surface area (Å²) in [6, 6.07) is 7.46. The van der Waals surface area contributed by atoms with Crippen LogP contribution in [0.3, 0.4) is 0 Å². The van der Waals surface area contributed by atoms with Gasteiger partial charge in [-0.3, -0.25) is 9.89 Å². The molecule has 7 heteroatoms. The highest BCUT2D eigenvalue weighted by molar-refractivity contribution is 5.77. The fraction of sp³-hybridized carbons (Fsp3) is 0.333. The molecule has 4 nitrogen and oxygen atoms in total. The van der Waals surface area contributed by atoms with Gasteiger partial charge < -0.3 is 5.32 Å². The molecule has 0 aliphatic rings. The lowest BCUT2D eigenvalue weighted by Gasteiger charge is -2.20. The van der Waals surface area contributed by atoms with Crippen LogP contribution in [0.1, 0.15) is 29.2 Å². The Morgan fingerprint density at radius 3 is 2.55 bits per heavy atom. The number of aromatic amines is 1. The number of benzene rings is 1. The molecule has 1 aromatic heterocycles. The van der Waals surface area contributed by atoms with Crippen LogP contribution in [0.5, 0.6) is 0 Å². The molecule has 0 spiro atoms. The predicted molar refractivity (Wildman–Crippen MR) is 75.0 cm³/mol. The van der Waals surface area contributed by atoms with Gasteiger partial charge in [0.1, 0.15) is 0 Å². The minimum atomic E-state index is -4.47. The standard InChI is InChI=1S/C15H16F3N3O/c1-10-12(9-20-21-10)8-19-14(22)7-13(15(16,17)18)11-5-3-2-4-6-11/h2-6,9,13H,7-8H2,1H3,(H,19,22)(H,20,21). The molecule has 0 saturated carbocycles. The summed E-state index contributed by atoms with van der Waals surface area (Å²) in [6.45, 7) is 1.93. The van der Waals surface area contributed by atoms with E-state index >= 15 is 0 Å². The number of hydrogen-bond donors (Lipinski definition) is 2. The average Bonchev–Trinajstić information content (AvgIpc) is 2.87. The van der Waals surface area contributed by atoms with Gasteiger partial charge in [0.2, 0.25) is 5.91 Å². The number of nitrogens with one attached hydrogen (secondary N) is 2. The second kappa shape index (κ2) is 6.64. The zero-order valence-corrected chi connectivity index (χ0v) is 11.9. The summed E-state index contributed by atoms with van der Waals surface area (Å²) in [4.78, 5) is 11.8. The molecule has 0 radical (unpaired) electrons. The molecule has 1 unspecified atom stereocenters. The normalized spacial score (nSPS) is 12.9. The highest BCUT2D eigenvalue weighted by atomic mass is 19.4. The molecule has 2 aromatic rings. The zero-order chi connectivity index (χ0) is 16.2. The van der Waals surface area contributed by atoms with Gasteiger partial charge in [0.25, 0.3) is 0 Å². The maximum absolute atomic E-state index is 13.1. The number of aryl methyl sites for hydroxylation is 1. The summed E-state index contributed by atoms with van der Waals surface area (Å²) < 4.78 is 39.4. The van der Waals surface area contributed by atoms with Gasteiger partial charge >= 0.3 is 6.18 Å². The van der Waals surface area contributed by atoms with Crippen molar-refractivity contribution < 1.29 is 18.0 Å². The maximum Gasteiger partial charge on any atom is 0.396 e. The SMILES string of the molecule is Cc1[nH]ncc1CNC(=O)CC(c1ccccc1)C(F)(F)F. The first kappa shape index (κ1) is 16.1. The van der Waals surface area contributed by atoms with E-state index in [4.69, 9.17) is 0 Å². The highest BCUT2D eigenvalue weighted by Crippen LogP contribution is 2.37. The van der Waals surface area contributed by atoms with Crippen LogP contribution in [-0.4, -0.2) is 22.3 Å². The largest absolute Gasteiger partial charge is 0.396 e. The Hall–Kier alpha value is -2.31. The fourth-order valence-electron chi connectivity index (χ4n) is 2.11. The Labute approximate surface area is 125 Å². The van der Waals surface area contributed by atoms with Crippen LogP contribution in [0.4, 0.5) is 13.2 Å². The van der Waals surface area contributed by atoms with Crippen molar-refractivity contribution in [3.05, 3.63) is 53.3 Å². The molecule has 1 atom stereocenters. The first-order valence-electron chi connectivity index (χ1n) is 6.75. The van der Waals surface area contributed by atoms with E-state index in [0.29, 0.717) is 0 Å². The average molecular weight is 311 g/mol. The smallest absolute Gasteiger partial charge is 0.352 e. The van der Waals surface area contributed by atoms with E-state index in [0.717, 1.165) is 11.3 Å². The minimum Gasteiger partial charge on any atom is -0.352 e. The van der Waals surface area contributed by atoms with Crippen molar-refractivity contribution in [2.45, 2.75) is 32.0 Å². The Bertz CT molecular complexity index is 622. The van der Waals surface area contributed by atoms with Crippen LogP contribution in [0, 0.1) is 6.92 Å². The van der Waals surface area contributed by atoms with E-state index in [-0.39, 0.29) is 12.1 Å². The van der Waals surface area contributed by atoms with Crippen molar-refractivity contribution in [1.82, 2.24) is 15.5 Å². The summed E-state index contributed by atoms with van der Waals surface area (Å²) in [6.07, 6.45) is -3.57. The molecule has 1 heterocycles. The van der Waals surface area contributed by atoms with Crippen molar-refractivity contribution >= 4 is 5.91 Å². The van der Waals surface area contributed by atoms with Crippen LogP contribution in [0.2, 0.25) is 0 Å². The third kappa shape index (κ3) is 4.09. The van der Waals surface area contributed by atoms with Crippen molar-refractivity contribution in [1.29, 1.82) is 0 Å². The first-order valence-corrected chi connectivity index (χ1v) is 6.75. The van der Waals surface area contributed by atoms with Gasteiger partial charge in [0, 0.05) is 24.2 Å². The number of carbonyl (C=O) groups is 1. The van der Waals surface area contributed by atoms with Crippen LogP contribution < -0.4 is 5.32 Å². The molecule has 2 N–H and O–H groups in total. The monoisotopic (exact) mass is 311 g/mol. The number of alkyl halides is 3. The predicted octanol–water partition coefficient (Wildman–Crippen LogP) is 3.07. The second-order valence-electron chi connectivity index (χ2n) is 5.01. The Morgan fingerprint density at radius 1 is 1.32 bits per heavy atom. The fourth-order valence-corrected chi connectivity index (χ4v) is 2.11. The van der Waals surface area contributed by atoms with E-state index < -0.39 is 24.4 Å². The molecule has 1 amide bonds. The Kier molecular flexibility index (Phi) is 4.85. The maximum atomic E-state index is 13.1. The number of nitrogens with zero attached hydrogens (tertiary/aromatic N) is 1. The zero-order valence-electron chi connectivity index (χ0n) is 11.9. The van der Waals surface area contributed by atoms with Crippen molar-refractivity contribution in [2.24, 2.45) is 0 Å². The third-order valence-corrected chi connectivity index (χ3v) is 3.40. The van der Waals surface area contributed by atoms with E-state index in [1.54, 1.807) is 13.0 Å². The molecule has 0 bridgehead atoms. The van der Waals surface area contributed by atoms with Crippen molar-refractivity contribution in [2.75, 3.05) is 0 Å². The van der Waals surface area contributed by atoms with Gasteiger partial charge in [0.05, 0.1) is 12.1 Å². The lowest BCUT2D eigenvalue weighted by atomic mass is 9.95. The third-order valence-electron chi connectivity index (χ3n) is 3.40. The molecule has 22 heavy (non-hydrogen) atoms. The summed E-state index contributed by atoms with van der Waals surface area (Å²) >= 11 is 0. The van der Waals surface area contributed by atoms with Gasteiger partial charge in [-0.2, -0.15) is 18.3 Å². The van der Waals surface area contributed by atoms with Crippen LogP contribution >= 0.6 is 0 Å². The first-order chi connectivity index (χ1) is 10.4. The number of hydrogen-bond acceptors (Lipinski definition) is 2. The summed E-state index contributed by atoms with van der Waals surface area (Å²) in [5.41, 5.74) is 1.61. The minimum absolute atomic E-state index is 0.0876. The molecule has 0 aliphatic carbocycles. The summed E-state index contributed by atoms with van der Waals surface area (Å²) in [5, 5.41) is 8.99. The van der Waals surface area contributed by atoms with Crippen LogP contribution in [-0.2, 0) is 11.3 Å². The quantitative estimate of drug-likeness (QED) is 0.891. The van der Waals surface area contributed by atoms with Gasteiger partial charge in [-0.25, -0.2) is 0 Å². The van der Waals surface area contributed by atoms with Gasteiger partial charge in [-0.1, -0.05) is 30.3 Å². The molecular weight excluding hydrogens is 295 g/mol. The highest BCUT2D eigenvalue weighted by Gasteiger charge is 2.41. The van der Waals surface area contributed by atoms with Crippen molar-refractivity contribution in [3.8, 4) is 0 Å². The van der Waals surface area contributed by atoms with E-state index in [1.807, 2.05) is 0 Å². The number of aromatic nitrogens is 2. The number of carbonyl (C=O) groups excluding carboxylic acids is 1. The van der Waals surface area contributed by atoms with Gasteiger partial charge in [0.15, 0.2) is 0 Å². The lowest BCUT2D eigenvalue weighted by molar-refractivity contribution is -0.157. The van der Waals surface area contributed by atoms with Crippen LogP contribution in [0.15, 0.2) is 36.5 Å². The number of rotatable bonds is 5. The van der Waals surface area contributed by atoms with E-state index in [1.165, 1.54) is 30.5 Å². The second-order valence-corrected chi connectivity index (χ2v) is 5.01. The lowest BCUT2D eigenvalue weighted by Crippen LogP contribution is -2.30.